The maximum atomic E-state index is 2.66. The van der Waals surface area contributed by atoms with Crippen LogP contribution in [-0.2, 0) is 5.54 Å². The highest BCUT2D eigenvalue weighted by Gasteiger charge is 2.51. The molecule has 5 aromatic rings. The summed E-state index contributed by atoms with van der Waals surface area (Å²) in [4.78, 5) is 0. The van der Waals surface area contributed by atoms with Crippen LogP contribution in [0.5, 0.6) is 0 Å². The first kappa shape index (κ1) is 26.0. The van der Waals surface area contributed by atoms with Crippen molar-refractivity contribution in [3.05, 3.63) is 120 Å². The van der Waals surface area contributed by atoms with Crippen LogP contribution >= 0.6 is 7.92 Å². The van der Waals surface area contributed by atoms with E-state index < -0.39 is 7.92 Å². The number of benzene rings is 4. The maximum absolute atomic E-state index is 2.66. The number of nitrogens with zero attached hydrogens (tertiary/aromatic N) is 1. The topological polar surface area (TPSA) is 3.88 Å². The van der Waals surface area contributed by atoms with E-state index in [1.54, 1.807) is 0 Å². The predicted molar refractivity (Wildman–Crippen MR) is 169 cm³/mol. The molecule has 196 valence electrons. The van der Waals surface area contributed by atoms with E-state index in [0.717, 1.165) is 19.3 Å². The van der Waals surface area contributed by atoms with Gasteiger partial charge in [0.25, 0.3) is 0 Å². The summed E-state index contributed by atoms with van der Waals surface area (Å²) in [5, 5.41) is 6.91. The van der Waals surface area contributed by atoms with E-state index in [0.29, 0.717) is 5.92 Å². The van der Waals surface area contributed by atoms with Gasteiger partial charge in [-0.2, -0.15) is 4.57 Å². The van der Waals surface area contributed by atoms with Crippen molar-refractivity contribution in [2.45, 2.75) is 65.3 Å². The molecular weight excluding hydrogens is 489 g/mol. The fraction of sp³-hybridized carbons (Fsp3) is 0.270. The predicted octanol–water partition coefficient (Wildman–Crippen LogP) is 8.19. The van der Waals surface area contributed by atoms with Crippen LogP contribution in [0.2, 0.25) is 0 Å². The van der Waals surface area contributed by atoms with E-state index in [-0.39, 0.29) is 5.54 Å². The number of fused-ring (bicyclic) bond motifs is 5. The van der Waals surface area contributed by atoms with E-state index in [1.807, 2.05) is 0 Å². The first-order chi connectivity index (χ1) is 19.0. The van der Waals surface area contributed by atoms with Crippen molar-refractivity contribution in [3.8, 4) is 11.3 Å². The SMILES string of the molecule is CCC1c2ccc(P(c3ccc(C)cc3)c3ccc(C)cc3)cc2-c2c3ccccc3cc[n+]2C1(CC)CC. The van der Waals surface area contributed by atoms with Crippen LogP contribution in [0.1, 0.15) is 62.6 Å². The molecule has 6 rings (SSSR count). The minimum absolute atomic E-state index is 0.0846. The molecule has 1 atom stereocenters. The van der Waals surface area contributed by atoms with Crippen molar-refractivity contribution in [2.75, 3.05) is 0 Å². The fourth-order valence-electron chi connectivity index (χ4n) is 7.03. The molecule has 0 radical (unpaired) electrons. The van der Waals surface area contributed by atoms with Gasteiger partial charge >= 0.3 is 0 Å². The standard InChI is InChI=1S/C37H39NP/c1-6-35-33-22-21-31(39(29-17-13-26(4)14-18-29)30-19-15-27(5)16-20-30)25-34(33)36-32-12-10-9-11-28(32)23-24-38(36)37(35,7-2)8-3/h9-25,35H,6-8H2,1-5H3/q+1. The Bertz CT molecular complexity index is 1580. The van der Waals surface area contributed by atoms with Crippen LogP contribution in [0, 0.1) is 13.8 Å². The zero-order chi connectivity index (χ0) is 27.1. The van der Waals surface area contributed by atoms with Gasteiger partial charge in [0.1, 0.15) is 0 Å². The molecule has 0 N–H and O–H groups in total. The van der Waals surface area contributed by atoms with Gasteiger partial charge in [0.2, 0.25) is 5.69 Å². The molecule has 0 aliphatic carbocycles. The van der Waals surface area contributed by atoms with Crippen molar-refractivity contribution in [2.24, 2.45) is 0 Å². The Morgan fingerprint density at radius 1 is 0.692 bits per heavy atom. The molecule has 1 aromatic heterocycles. The van der Waals surface area contributed by atoms with E-state index in [4.69, 9.17) is 0 Å². The molecule has 0 saturated heterocycles. The Morgan fingerprint density at radius 3 is 1.87 bits per heavy atom. The average molecular weight is 529 g/mol. The summed E-state index contributed by atoms with van der Waals surface area (Å²) in [6.45, 7) is 11.5. The molecule has 0 saturated carbocycles. The highest BCUT2D eigenvalue weighted by molar-refractivity contribution is 7.79. The lowest BCUT2D eigenvalue weighted by molar-refractivity contribution is -0.761. The van der Waals surface area contributed by atoms with Crippen molar-refractivity contribution in [1.29, 1.82) is 0 Å². The smallest absolute Gasteiger partial charge is 0.192 e. The first-order valence-electron chi connectivity index (χ1n) is 14.5. The molecule has 1 aliphatic heterocycles. The summed E-state index contributed by atoms with van der Waals surface area (Å²) in [6.07, 6.45) is 5.76. The minimum atomic E-state index is -0.677. The number of hydrogen-bond acceptors (Lipinski definition) is 0. The second-order valence-electron chi connectivity index (χ2n) is 11.2. The van der Waals surface area contributed by atoms with Gasteiger partial charge in [0.05, 0.1) is 10.9 Å². The Balaban J connectivity index is 1.64. The zero-order valence-electron chi connectivity index (χ0n) is 23.9. The van der Waals surface area contributed by atoms with Gasteiger partial charge in [-0.05, 0) is 67.2 Å². The zero-order valence-corrected chi connectivity index (χ0v) is 24.8. The minimum Gasteiger partial charge on any atom is -0.192 e. The number of pyridine rings is 1. The third kappa shape index (κ3) is 4.23. The lowest BCUT2D eigenvalue weighted by atomic mass is 9.69. The highest BCUT2D eigenvalue weighted by Crippen LogP contribution is 2.48. The van der Waals surface area contributed by atoms with E-state index in [9.17, 15) is 0 Å². The normalized spacial score (nSPS) is 15.8. The summed E-state index contributed by atoms with van der Waals surface area (Å²) in [6, 6.07) is 37.2. The summed E-state index contributed by atoms with van der Waals surface area (Å²) in [7, 11) is -0.677. The number of hydrogen-bond donors (Lipinski definition) is 0. The molecule has 1 nitrogen and oxygen atoms in total. The third-order valence-corrected chi connectivity index (χ3v) is 11.6. The molecular formula is C37H39NP+. The second kappa shape index (κ2) is 10.4. The molecule has 2 heterocycles. The Kier molecular flexibility index (Phi) is 6.90. The van der Waals surface area contributed by atoms with Crippen LogP contribution < -0.4 is 20.5 Å². The number of aryl methyl sites for hydroxylation is 2. The van der Waals surface area contributed by atoms with Crippen LogP contribution in [0.3, 0.4) is 0 Å². The van der Waals surface area contributed by atoms with Crippen LogP contribution in [-0.4, -0.2) is 0 Å². The van der Waals surface area contributed by atoms with Crippen molar-refractivity contribution < 1.29 is 4.57 Å². The summed E-state index contributed by atoms with van der Waals surface area (Å²) < 4.78 is 2.66. The summed E-state index contributed by atoms with van der Waals surface area (Å²) >= 11 is 0. The van der Waals surface area contributed by atoms with Crippen LogP contribution in [0.15, 0.2) is 103 Å². The molecule has 0 bridgehead atoms. The van der Waals surface area contributed by atoms with Crippen molar-refractivity contribution in [1.82, 2.24) is 0 Å². The molecule has 4 aromatic carbocycles. The van der Waals surface area contributed by atoms with E-state index in [1.165, 1.54) is 54.6 Å². The summed E-state index contributed by atoms with van der Waals surface area (Å²) in [5.74, 6) is 0.486. The van der Waals surface area contributed by atoms with E-state index >= 15 is 0 Å². The quantitative estimate of drug-likeness (QED) is 0.155. The molecule has 1 aliphatic rings. The molecule has 0 fully saturated rings. The molecule has 0 spiro atoms. The largest absolute Gasteiger partial charge is 0.221 e. The lowest BCUT2D eigenvalue weighted by Crippen LogP contribution is -2.62. The lowest BCUT2D eigenvalue weighted by Gasteiger charge is -2.40. The van der Waals surface area contributed by atoms with Gasteiger partial charge < -0.3 is 0 Å². The van der Waals surface area contributed by atoms with Gasteiger partial charge in [0.15, 0.2) is 11.7 Å². The molecule has 39 heavy (non-hydrogen) atoms. The van der Waals surface area contributed by atoms with Gasteiger partial charge in [-0.3, -0.25) is 0 Å². The Hall–Kier alpha value is -3.28. The third-order valence-electron chi connectivity index (χ3n) is 9.13. The number of rotatable bonds is 6. The van der Waals surface area contributed by atoms with Gasteiger partial charge in [0, 0.05) is 24.8 Å². The average Bonchev–Trinajstić information content (AvgIpc) is 2.98. The van der Waals surface area contributed by atoms with Gasteiger partial charge in [-0.1, -0.05) is 111 Å². The fourth-order valence-corrected chi connectivity index (χ4v) is 9.30. The second-order valence-corrected chi connectivity index (χ2v) is 13.4. The van der Waals surface area contributed by atoms with Crippen LogP contribution in [0.25, 0.3) is 22.0 Å². The van der Waals surface area contributed by atoms with Gasteiger partial charge in [-0.15, -0.1) is 0 Å². The van der Waals surface area contributed by atoms with Crippen molar-refractivity contribution in [3.63, 3.8) is 0 Å². The van der Waals surface area contributed by atoms with Crippen LogP contribution in [0.4, 0.5) is 0 Å². The Morgan fingerprint density at radius 2 is 1.28 bits per heavy atom. The van der Waals surface area contributed by atoms with Crippen molar-refractivity contribution >= 4 is 34.6 Å². The number of aromatic nitrogens is 1. The Labute approximate surface area is 235 Å². The van der Waals surface area contributed by atoms with E-state index in [2.05, 4.69) is 142 Å². The maximum Gasteiger partial charge on any atom is 0.221 e. The molecule has 1 unspecified atom stereocenters. The van der Waals surface area contributed by atoms with Gasteiger partial charge in [-0.25, -0.2) is 0 Å². The monoisotopic (exact) mass is 528 g/mol. The first-order valence-corrected chi connectivity index (χ1v) is 15.9. The highest BCUT2D eigenvalue weighted by atomic mass is 31.1. The molecule has 2 heteroatoms. The molecule has 0 amide bonds. The summed E-state index contributed by atoms with van der Waals surface area (Å²) in [5.41, 5.74) is 7.02.